The first-order valence-corrected chi connectivity index (χ1v) is 8.00. The van der Waals surface area contributed by atoms with Crippen LogP contribution in [0.25, 0.3) is 10.9 Å². The van der Waals surface area contributed by atoms with Crippen LogP contribution >= 0.6 is 11.6 Å². The van der Waals surface area contributed by atoms with Crippen LogP contribution in [0.5, 0.6) is 5.75 Å². The standard InChI is InChI=1S/C19H17ClN2O2/c1-22(12-13-24-16-9-7-15(20)8-10-16)19(23)17-6-2-4-14-5-3-11-21-18(14)17/h2-11H,12-13H2,1H3. The maximum absolute atomic E-state index is 12.7. The van der Waals surface area contributed by atoms with Gasteiger partial charge in [-0.25, -0.2) is 0 Å². The van der Waals surface area contributed by atoms with Gasteiger partial charge in [0.05, 0.1) is 17.6 Å². The highest BCUT2D eigenvalue weighted by molar-refractivity contribution is 6.30. The second kappa shape index (κ2) is 7.32. The number of ether oxygens (including phenoxy) is 1. The summed E-state index contributed by atoms with van der Waals surface area (Å²) in [5.41, 5.74) is 1.32. The lowest BCUT2D eigenvalue weighted by Gasteiger charge is -2.18. The predicted molar refractivity (Wildman–Crippen MR) is 95.7 cm³/mol. The number of benzene rings is 2. The summed E-state index contributed by atoms with van der Waals surface area (Å²) in [5.74, 6) is 0.658. The quantitative estimate of drug-likeness (QED) is 0.704. The van der Waals surface area contributed by atoms with E-state index >= 15 is 0 Å². The number of hydrogen-bond donors (Lipinski definition) is 0. The molecular weight excluding hydrogens is 324 g/mol. The number of halogens is 1. The van der Waals surface area contributed by atoms with Crippen molar-refractivity contribution < 1.29 is 9.53 Å². The normalized spacial score (nSPS) is 10.6. The molecule has 24 heavy (non-hydrogen) atoms. The number of carbonyl (C=O) groups is 1. The molecule has 0 N–H and O–H groups in total. The average molecular weight is 341 g/mol. The van der Waals surface area contributed by atoms with Gasteiger partial charge in [-0.2, -0.15) is 0 Å². The van der Waals surface area contributed by atoms with E-state index in [4.69, 9.17) is 16.3 Å². The Morgan fingerprint density at radius 3 is 2.67 bits per heavy atom. The van der Waals surface area contributed by atoms with Crippen LogP contribution in [-0.2, 0) is 0 Å². The lowest BCUT2D eigenvalue weighted by molar-refractivity contribution is 0.0775. The lowest BCUT2D eigenvalue weighted by Crippen LogP contribution is -2.31. The fourth-order valence-electron chi connectivity index (χ4n) is 2.42. The van der Waals surface area contributed by atoms with Gasteiger partial charge in [0.1, 0.15) is 12.4 Å². The van der Waals surface area contributed by atoms with Crippen molar-refractivity contribution in [2.75, 3.05) is 20.2 Å². The Kier molecular flexibility index (Phi) is 4.96. The Labute approximate surface area is 145 Å². The fraction of sp³-hybridized carbons (Fsp3) is 0.158. The minimum Gasteiger partial charge on any atom is -0.492 e. The van der Waals surface area contributed by atoms with Gasteiger partial charge in [-0.05, 0) is 36.4 Å². The summed E-state index contributed by atoms with van der Waals surface area (Å²) in [6.07, 6.45) is 1.70. The summed E-state index contributed by atoms with van der Waals surface area (Å²) in [5, 5.41) is 1.62. The molecule has 2 aromatic carbocycles. The number of fused-ring (bicyclic) bond motifs is 1. The zero-order chi connectivity index (χ0) is 16.9. The Balaban J connectivity index is 1.65. The molecule has 0 aliphatic rings. The second-order valence-corrected chi connectivity index (χ2v) is 5.85. The van der Waals surface area contributed by atoms with E-state index in [0.29, 0.717) is 23.7 Å². The summed E-state index contributed by atoms with van der Waals surface area (Å²) in [6, 6.07) is 16.6. The summed E-state index contributed by atoms with van der Waals surface area (Å²) in [6.45, 7) is 0.882. The molecule has 0 radical (unpaired) electrons. The molecule has 3 aromatic rings. The predicted octanol–water partition coefficient (Wildman–Crippen LogP) is 4.04. The molecule has 0 fully saturated rings. The summed E-state index contributed by atoms with van der Waals surface area (Å²) in [4.78, 5) is 18.6. The van der Waals surface area contributed by atoms with Gasteiger partial charge in [0.15, 0.2) is 0 Å². The minimum atomic E-state index is -0.0704. The molecule has 1 amide bonds. The molecule has 0 atom stereocenters. The molecule has 4 nitrogen and oxygen atoms in total. The molecule has 1 heterocycles. The van der Waals surface area contributed by atoms with Gasteiger partial charge in [-0.1, -0.05) is 29.8 Å². The van der Waals surface area contributed by atoms with E-state index in [1.54, 1.807) is 48.5 Å². The monoisotopic (exact) mass is 340 g/mol. The highest BCUT2D eigenvalue weighted by Gasteiger charge is 2.15. The number of aromatic nitrogens is 1. The largest absolute Gasteiger partial charge is 0.492 e. The van der Waals surface area contributed by atoms with Gasteiger partial charge < -0.3 is 9.64 Å². The highest BCUT2D eigenvalue weighted by Crippen LogP contribution is 2.18. The maximum Gasteiger partial charge on any atom is 0.255 e. The Morgan fingerprint density at radius 2 is 1.88 bits per heavy atom. The Hall–Kier alpha value is -2.59. The number of nitrogens with zero attached hydrogens (tertiary/aromatic N) is 2. The molecule has 0 saturated heterocycles. The second-order valence-electron chi connectivity index (χ2n) is 5.41. The fourth-order valence-corrected chi connectivity index (χ4v) is 2.54. The molecule has 3 rings (SSSR count). The molecule has 0 bridgehead atoms. The molecule has 1 aromatic heterocycles. The highest BCUT2D eigenvalue weighted by atomic mass is 35.5. The van der Waals surface area contributed by atoms with E-state index in [2.05, 4.69) is 4.98 Å². The van der Waals surface area contributed by atoms with Crippen LogP contribution in [0.2, 0.25) is 5.02 Å². The number of para-hydroxylation sites is 1. The van der Waals surface area contributed by atoms with Gasteiger partial charge in [-0.15, -0.1) is 0 Å². The van der Waals surface area contributed by atoms with Crippen LogP contribution in [0.15, 0.2) is 60.8 Å². The average Bonchev–Trinajstić information content (AvgIpc) is 2.62. The van der Waals surface area contributed by atoms with E-state index in [9.17, 15) is 4.79 Å². The molecule has 0 aliphatic carbocycles. The summed E-state index contributed by atoms with van der Waals surface area (Å²) >= 11 is 5.84. The number of amides is 1. The van der Waals surface area contributed by atoms with E-state index in [-0.39, 0.29) is 5.91 Å². The zero-order valence-corrected chi connectivity index (χ0v) is 14.0. The molecule has 122 valence electrons. The molecule has 0 saturated carbocycles. The van der Waals surface area contributed by atoms with Gasteiger partial charge in [-0.3, -0.25) is 9.78 Å². The Morgan fingerprint density at radius 1 is 1.12 bits per heavy atom. The van der Waals surface area contributed by atoms with E-state index in [0.717, 1.165) is 16.7 Å². The number of carbonyl (C=O) groups excluding carboxylic acids is 1. The third-order valence-corrected chi connectivity index (χ3v) is 3.97. The molecule has 0 spiro atoms. The van der Waals surface area contributed by atoms with Crippen LogP contribution in [0.3, 0.4) is 0 Å². The smallest absolute Gasteiger partial charge is 0.255 e. The van der Waals surface area contributed by atoms with Crippen molar-refractivity contribution in [2.24, 2.45) is 0 Å². The third kappa shape index (κ3) is 3.66. The molecule has 0 aliphatic heterocycles. The van der Waals surface area contributed by atoms with Crippen molar-refractivity contribution in [2.45, 2.75) is 0 Å². The summed E-state index contributed by atoms with van der Waals surface area (Å²) < 4.78 is 5.64. The topological polar surface area (TPSA) is 42.4 Å². The molecule has 5 heteroatoms. The van der Waals surface area contributed by atoms with Crippen molar-refractivity contribution in [3.05, 3.63) is 71.4 Å². The van der Waals surface area contributed by atoms with Gasteiger partial charge in [0.25, 0.3) is 5.91 Å². The number of rotatable bonds is 5. The number of pyridine rings is 1. The molecular formula is C19H17ClN2O2. The van der Waals surface area contributed by atoms with Crippen molar-refractivity contribution in [3.8, 4) is 5.75 Å². The zero-order valence-electron chi connectivity index (χ0n) is 13.3. The molecule has 0 unspecified atom stereocenters. The van der Waals surface area contributed by atoms with Crippen molar-refractivity contribution >= 4 is 28.4 Å². The summed E-state index contributed by atoms with van der Waals surface area (Å²) in [7, 11) is 1.76. The first-order valence-electron chi connectivity index (χ1n) is 7.63. The maximum atomic E-state index is 12.7. The van der Waals surface area contributed by atoms with Crippen LogP contribution in [-0.4, -0.2) is 36.0 Å². The van der Waals surface area contributed by atoms with Crippen LogP contribution < -0.4 is 4.74 Å². The first kappa shape index (κ1) is 16.3. The van der Waals surface area contributed by atoms with Crippen molar-refractivity contribution in [3.63, 3.8) is 0 Å². The SMILES string of the molecule is CN(CCOc1ccc(Cl)cc1)C(=O)c1cccc2cccnc12. The number of likely N-dealkylation sites (N-methyl/N-ethyl adjacent to an activating group) is 1. The van der Waals surface area contributed by atoms with Gasteiger partial charge >= 0.3 is 0 Å². The van der Waals surface area contributed by atoms with Crippen LogP contribution in [0.1, 0.15) is 10.4 Å². The van der Waals surface area contributed by atoms with Crippen molar-refractivity contribution in [1.29, 1.82) is 0 Å². The van der Waals surface area contributed by atoms with E-state index < -0.39 is 0 Å². The van der Waals surface area contributed by atoms with Crippen LogP contribution in [0, 0.1) is 0 Å². The van der Waals surface area contributed by atoms with Gasteiger partial charge in [0, 0.05) is 23.7 Å². The third-order valence-electron chi connectivity index (χ3n) is 3.72. The van der Waals surface area contributed by atoms with Crippen molar-refractivity contribution in [1.82, 2.24) is 9.88 Å². The number of hydrogen-bond acceptors (Lipinski definition) is 3. The van der Waals surface area contributed by atoms with E-state index in [1.807, 2.05) is 24.3 Å². The minimum absolute atomic E-state index is 0.0704. The Bertz CT molecular complexity index is 844. The van der Waals surface area contributed by atoms with E-state index in [1.165, 1.54) is 0 Å². The lowest BCUT2D eigenvalue weighted by atomic mass is 10.1. The van der Waals surface area contributed by atoms with Gasteiger partial charge in [0.2, 0.25) is 0 Å². The first-order chi connectivity index (χ1) is 11.6. The van der Waals surface area contributed by atoms with Crippen LogP contribution in [0.4, 0.5) is 0 Å².